The molecule has 1 aromatic rings. The highest BCUT2D eigenvalue weighted by Crippen LogP contribution is 2.03. The molecule has 0 saturated carbocycles. The molecule has 0 saturated heterocycles. The predicted octanol–water partition coefficient (Wildman–Crippen LogP) is 1.87. The van der Waals surface area contributed by atoms with Gasteiger partial charge >= 0.3 is 0 Å². The number of aryl methyl sites for hydroxylation is 3. The minimum atomic E-state index is 0. The van der Waals surface area contributed by atoms with Gasteiger partial charge in [-0.15, -0.1) is 37.2 Å². The van der Waals surface area contributed by atoms with E-state index >= 15 is 0 Å². The third kappa shape index (κ3) is 4.92. The monoisotopic (exact) mass is 258 g/mol. The molecule has 0 aliphatic carbocycles. The summed E-state index contributed by atoms with van der Waals surface area (Å²) in [5.74, 6) is 0. The minimum Gasteiger partial charge on any atom is -0.147 e. The molecule has 0 bridgehead atoms. The van der Waals surface area contributed by atoms with E-state index in [0.717, 1.165) is 0 Å². The van der Waals surface area contributed by atoms with E-state index in [0.29, 0.717) is 0 Å². The summed E-state index contributed by atoms with van der Waals surface area (Å²) >= 11 is 0. The first-order valence-corrected chi connectivity index (χ1v) is 4.65. The second kappa shape index (κ2) is 7.69. The topological polar surface area (TPSA) is 0 Å². The van der Waals surface area contributed by atoms with Gasteiger partial charge in [-0.1, -0.05) is 34.0 Å². The van der Waals surface area contributed by atoms with Gasteiger partial charge in [0.1, 0.15) is 0 Å². The Morgan fingerprint density at radius 3 is 1.46 bits per heavy atom. The molecule has 4 heteroatoms. The first kappa shape index (κ1) is 19.0. The molecule has 0 aliphatic rings. The maximum atomic E-state index is 2.26. The van der Waals surface area contributed by atoms with Crippen molar-refractivity contribution >= 4 is 52.7 Å². The van der Waals surface area contributed by atoms with Crippen LogP contribution in [0.2, 0.25) is 0 Å². The molecule has 78 valence electrons. The number of halogens is 3. The fourth-order valence-electron chi connectivity index (χ4n) is 1.25. The Hall–Kier alpha value is 0.307. The molecule has 0 heterocycles. The second-order valence-electron chi connectivity index (χ2n) is 3.02. The van der Waals surface area contributed by atoms with Crippen LogP contribution in [0.5, 0.6) is 0 Å². The van der Waals surface area contributed by atoms with Crippen LogP contribution in [0.15, 0.2) is 12.1 Å². The molecular formula is C9H17Cl3Si. The summed E-state index contributed by atoms with van der Waals surface area (Å²) < 4.78 is 0. The number of hydrogen-bond donors (Lipinski definition) is 0. The van der Waals surface area contributed by atoms with Crippen molar-refractivity contribution in [2.24, 2.45) is 0 Å². The summed E-state index contributed by atoms with van der Waals surface area (Å²) in [5.41, 5.74) is 4.31. The molecular weight excluding hydrogens is 243 g/mol. The molecule has 0 radical (unpaired) electrons. The van der Waals surface area contributed by atoms with Gasteiger partial charge < -0.3 is 0 Å². The molecule has 0 aromatic heterocycles. The Balaban J connectivity index is -0.000000333. The Bertz CT molecular complexity index is 238. The Labute approximate surface area is 102 Å². The summed E-state index contributed by atoms with van der Waals surface area (Å²) in [6.45, 7) is 6.55. The van der Waals surface area contributed by atoms with Gasteiger partial charge in [0.05, 0.1) is 0 Å². The van der Waals surface area contributed by atoms with Crippen molar-refractivity contribution in [3.05, 3.63) is 28.8 Å². The zero-order valence-electron chi connectivity index (χ0n) is 8.38. The lowest BCUT2D eigenvalue weighted by Crippen LogP contribution is -2.11. The lowest BCUT2D eigenvalue weighted by atomic mass is 10.1. The highest BCUT2D eigenvalue weighted by Gasteiger charge is 1.95. The van der Waals surface area contributed by atoms with E-state index in [1.807, 2.05) is 0 Å². The third-order valence-electron chi connectivity index (χ3n) is 2.07. The molecule has 0 unspecified atom stereocenters. The lowest BCUT2D eigenvalue weighted by molar-refractivity contribution is 1.35. The molecule has 0 aliphatic heterocycles. The molecule has 1 aromatic carbocycles. The Morgan fingerprint density at radius 1 is 0.846 bits per heavy atom. The van der Waals surface area contributed by atoms with Gasteiger partial charge in [0.25, 0.3) is 0 Å². The Kier molecular flexibility index (Phi) is 11.2. The third-order valence-corrected chi connectivity index (χ3v) is 3.65. The van der Waals surface area contributed by atoms with Gasteiger partial charge in [-0.25, -0.2) is 0 Å². The van der Waals surface area contributed by atoms with Crippen molar-refractivity contribution < 1.29 is 0 Å². The largest absolute Gasteiger partial charge is 0.147 e. The number of hydrogen-bond acceptors (Lipinski definition) is 0. The maximum Gasteiger partial charge on any atom is 0.0391 e. The molecule has 0 amide bonds. The maximum absolute atomic E-state index is 2.26. The average Bonchev–Trinajstić information content (AvgIpc) is 1.82. The van der Waals surface area contributed by atoms with E-state index in [9.17, 15) is 0 Å². The summed E-state index contributed by atoms with van der Waals surface area (Å²) in [6.07, 6.45) is 0. The quantitative estimate of drug-likeness (QED) is 0.624. The van der Waals surface area contributed by atoms with Crippen molar-refractivity contribution in [2.75, 3.05) is 0 Å². The van der Waals surface area contributed by atoms with Crippen molar-refractivity contribution in [2.45, 2.75) is 20.8 Å². The van der Waals surface area contributed by atoms with Crippen LogP contribution in [0.1, 0.15) is 16.7 Å². The van der Waals surface area contributed by atoms with Crippen LogP contribution in [0.3, 0.4) is 0 Å². The van der Waals surface area contributed by atoms with E-state index in [-0.39, 0.29) is 37.2 Å². The van der Waals surface area contributed by atoms with Gasteiger partial charge in [-0.2, -0.15) is 0 Å². The van der Waals surface area contributed by atoms with E-state index in [1.165, 1.54) is 26.9 Å². The Morgan fingerprint density at radius 2 is 1.15 bits per heavy atom. The lowest BCUT2D eigenvalue weighted by Gasteiger charge is -2.04. The molecule has 0 fully saturated rings. The molecule has 0 atom stereocenters. The van der Waals surface area contributed by atoms with Crippen molar-refractivity contribution in [1.82, 2.24) is 0 Å². The standard InChI is InChI=1S/C9H14Si.3ClH/c1-6-4-7(2)9(10)8(3)5-6;;;/h4-5H,1-3,10H3;3*1H. The zero-order valence-corrected chi connectivity index (χ0v) is 12.8. The summed E-state index contributed by atoms with van der Waals surface area (Å²) in [4.78, 5) is 0. The minimum absolute atomic E-state index is 0. The van der Waals surface area contributed by atoms with E-state index < -0.39 is 0 Å². The number of benzene rings is 1. The zero-order chi connectivity index (χ0) is 7.72. The van der Waals surface area contributed by atoms with E-state index in [1.54, 1.807) is 5.19 Å². The van der Waals surface area contributed by atoms with Gasteiger partial charge in [0.2, 0.25) is 0 Å². The van der Waals surface area contributed by atoms with Crippen LogP contribution in [-0.2, 0) is 0 Å². The van der Waals surface area contributed by atoms with Crippen LogP contribution in [0, 0.1) is 20.8 Å². The summed E-state index contributed by atoms with van der Waals surface area (Å²) in [5, 5.41) is 1.56. The van der Waals surface area contributed by atoms with E-state index in [4.69, 9.17) is 0 Å². The molecule has 0 N–H and O–H groups in total. The molecule has 1 rings (SSSR count). The summed E-state index contributed by atoms with van der Waals surface area (Å²) in [6, 6.07) is 4.52. The van der Waals surface area contributed by atoms with Crippen LogP contribution >= 0.6 is 37.2 Å². The van der Waals surface area contributed by atoms with Crippen LogP contribution in [0.4, 0.5) is 0 Å². The molecule has 0 spiro atoms. The van der Waals surface area contributed by atoms with Crippen molar-refractivity contribution in [1.29, 1.82) is 0 Å². The second-order valence-corrected chi connectivity index (χ2v) is 4.02. The predicted molar refractivity (Wildman–Crippen MR) is 72.0 cm³/mol. The first-order chi connectivity index (χ1) is 4.61. The fraction of sp³-hybridized carbons (Fsp3) is 0.333. The van der Waals surface area contributed by atoms with Gasteiger partial charge in [0, 0.05) is 10.2 Å². The van der Waals surface area contributed by atoms with Crippen LogP contribution in [0.25, 0.3) is 0 Å². The van der Waals surface area contributed by atoms with Gasteiger partial charge in [0.15, 0.2) is 0 Å². The highest BCUT2D eigenvalue weighted by atomic mass is 35.5. The van der Waals surface area contributed by atoms with E-state index in [2.05, 4.69) is 32.9 Å². The average molecular weight is 260 g/mol. The van der Waals surface area contributed by atoms with Gasteiger partial charge in [-0.05, 0) is 20.8 Å². The van der Waals surface area contributed by atoms with Crippen molar-refractivity contribution in [3.63, 3.8) is 0 Å². The van der Waals surface area contributed by atoms with Crippen LogP contribution in [-0.4, -0.2) is 10.2 Å². The van der Waals surface area contributed by atoms with Crippen LogP contribution < -0.4 is 5.19 Å². The van der Waals surface area contributed by atoms with Gasteiger partial charge in [-0.3, -0.25) is 0 Å². The summed E-state index contributed by atoms with van der Waals surface area (Å²) in [7, 11) is 1.18. The van der Waals surface area contributed by atoms with Crippen molar-refractivity contribution in [3.8, 4) is 0 Å². The number of rotatable bonds is 0. The highest BCUT2D eigenvalue weighted by molar-refractivity contribution is 6.34. The molecule has 13 heavy (non-hydrogen) atoms. The first-order valence-electron chi connectivity index (χ1n) is 3.65. The fourth-order valence-corrected chi connectivity index (χ4v) is 1.54. The molecule has 0 nitrogen and oxygen atoms in total. The SMILES string of the molecule is Cc1cc(C)c([SiH3])c(C)c1.Cl.Cl.Cl. The normalized spacial score (nSPS) is 7.92. The smallest absolute Gasteiger partial charge is 0.0391 e.